The van der Waals surface area contributed by atoms with Crippen molar-refractivity contribution in [2.75, 3.05) is 33.8 Å². The van der Waals surface area contributed by atoms with E-state index >= 15 is 0 Å². The molecule has 1 amide bonds. The molecule has 0 aliphatic carbocycles. The van der Waals surface area contributed by atoms with Crippen molar-refractivity contribution < 1.29 is 19.1 Å². The molecule has 124 valence electrons. The summed E-state index contributed by atoms with van der Waals surface area (Å²) in [6, 6.07) is 0. The third kappa shape index (κ3) is 12.2. The van der Waals surface area contributed by atoms with E-state index in [1.165, 1.54) is 7.11 Å². The van der Waals surface area contributed by atoms with E-state index in [0.717, 1.165) is 32.4 Å². The van der Waals surface area contributed by atoms with Crippen molar-refractivity contribution in [3.05, 3.63) is 0 Å². The second kappa shape index (κ2) is 10.4. The number of hydrogen-bond donors (Lipinski definition) is 1. The Kier molecular flexibility index (Phi) is 9.78. The van der Waals surface area contributed by atoms with E-state index in [1.54, 1.807) is 11.9 Å². The number of nitrogens with zero attached hydrogens (tertiary/aromatic N) is 1. The Balaban J connectivity index is 3.50. The van der Waals surface area contributed by atoms with Crippen LogP contribution in [0.15, 0.2) is 0 Å². The maximum atomic E-state index is 11.7. The van der Waals surface area contributed by atoms with Crippen molar-refractivity contribution in [2.24, 2.45) is 0 Å². The van der Waals surface area contributed by atoms with Gasteiger partial charge in [-0.15, -0.1) is 0 Å². The summed E-state index contributed by atoms with van der Waals surface area (Å²) < 4.78 is 9.83. The summed E-state index contributed by atoms with van der Waals surface area (Å²) in [5.74, 6) is -0.151. The van der Waals surface area contributed by atoms with E-state index in [1.807, 2.05) is 20.8 Å². The number of carbonyl (C=O) groups excluding carboxylic acids is 2. The zero-order chi connectivity index (χ0) is 16.3. The Bertz CT molecular complexity index is 313. The zero-order valence-corrected chi connectivity index (χ0v) is 14.0. The van der Waals surface area contributed by atoms with Crippen LogP contribution < -0.4 is 5.32 Å². The molecule has 0 fully saturated rings. The molecule has 0 aromatic carbocycles. The van der Waals surface area contributed by atoms with Crippen molar-refractivity contribution >= 4 is 12.1 Å². The molecule has 0 aliphatic heterocycles. The van der Waals surface area contributed by atoms with Gasteiger partial charge in [0.05, 0.1) is 7.11 Å². The van der Waals surface area contributed by atoms with Crippen LogP contribution in [-0.2, 0) is 14.3 Å². The van der Waals surface area contributed by atoms with Gasteiger partial charge < -0.3 is 19.7 Å². The average Bonchev–Trinajstić information content (AvgIpc) is 2.39. The molecule has 0 aliphatic rings. The summed E-state index contributed by atoms with van der Waals surface area (Å²) in [4.78, 5) is 24.2. The van der Waals surface area contributed by atoms with Gasteiger partial charge in [-0.3, -0.25) is 4.79 Å². The van der Waals surface area contributed by atoms with Crippen molar-refractivity contribution in [3.63, 3.8) is 0 Å². The number of esters is 1. The number of carbonyl (C=O) groups is 2. The highest BCUT2D eigenvalue weighted by molar-refractivity contribution is 5.69. The molecular weight excluding hydrogens is 272 g/mol. The first-order valence-electron chi connectivity index (χ1n) is 7.48. The molecule has 0 bridgehead atoms. The first-order chi connectivity index (χ1) is 9.76. The fraction of sp³-hybridized carbons (Fsp3) is 0.867. The fourth-order valence-corrected chi connectivity index (χ4v) is 1.60. The predicted molar refractivity (Wildman–Crippen MR) is 82.2 cm³/mol. The average molecular weight is 302 g/mol. The van der Waals surface area contributed by atoms with Gasteiger partial charge >= 0.3 is 12.1 Å². The van der Waals surface area contributed by atoms with Gasteiger partial charge in [-0.2, -0.15) is 0 Å². The van der Waals surface area contributed by atoms with E-state index in [0.29, 0.717) is 13.0 Å². The van der Waals surface area contributed by atoms with Crippen molar-refractivity contribution in [1.29, 1.82) is 0 Å². The molecule has 0 saturated carbocycles. The van der Waals surface area contributed by atoms with E-state index in [4.69, 9.17) is 4.74 Å². The highest BCUT2D eigenvalue weighted by Gasteiger charge is 2.18. The SMILES string of the molecule is COC(=O)CCCCCNCCN(C)C(=O)OC(C)(C)C. The van der Waals surface area contributed by atoms with E-state index in [-0.39, 0.29) is 12.1 Å². The van der Waals surface area contributed by atoms with Crippen LogP contribution in [0.3, 0.4) is 0 Å². The van der Waals surface area contributed by atoms with Crippen LogP contribution in [0, 0.1) is 0 Å². The van der Waals surface area contributed by atoms with Crippen LogP contribution in [0.25, 0.3) is 0 Å². The Labute approximate surface area is 128 Å². The lowest BCUT2D eigenvalue weighted by Crippen LogP contribution is -2.38. The van der Waals surface area contributed by atoms with Gasteiger partial charge in [0.1, 0.15) is 5.60 Å². The van der Waals surface area contributed by atoms with Gasteiger partial charge in [0.25, 0.3) is 0 Å². The van der Waals surface area contributed by atoms with Crippen LogP contribution >= 0.6 is 0 Å². The molecule has 0 radical (unpaired) electrons. The van der Waals surface area contributed by atoms with Crippen LogP contribution in [0.5, 0.6) is 0 Å². The Hall–Kier alpha value is -1.30. The maximum Gasteiger partial charge on any atom is 0.410 e. The number of amides is 1. The van der Waals surface area contributed by atoms with Gasteiger partial charge in [-0.05, 0) is 40.2 Å². The lowest BCUT2D eigenvalue weighted by atomic mass is 10.2. The number of likely N-dealkylation sites (N-methyl/N-ethyl adjacent to an activating group) is 1. The van der Waals surface area contributed by atoms with E-state index in [2.05, 4.69) is 10.1 Å². The molecule has 0 aromatic heterocycles. The molecule has 0 aromatic rings. The molecule has 6 nitrogen and oxygen atoms in total. The molecule has 0 unspecified atom stereocenters. The zero-order valence-electron chi connectivity index (χ0n) is 14.0. The molecule has 0 rings (SSSR count). The fourth-order valence-electron chi connectivity index (χ4n) is 1.60. The molecule has 0 spiro atoms. The summed E-state index contributed by atoms with van der Waals surface area (Å²) in [6.45, 7) is 7.77. The molecule has 0 saturated heterocycles. The monoisotopic (exact) mass is 302 g/mol. The molecule has 0 atom stereocenters. The topological polar surface area (TPSA) is 67.9 Å². The normalized spacial score (nSPS) is 11.1. The minimum atomic E-state index is -0.460. The first-order valence-corrected chi connectivity index (χ1v) is 7.48. The smallest absolute Gasteiger partial charge is 0.410 e. The van der Waals surface area contributed by atoms with E-state index < -0.39 is 5.60 Å². The van der Waals surface area contributed by atoms with Crippen LogP contribution in [-0.4, -0.2) is 56.4 Å². The summed E-state index contributed by atoms with van der Waals surface area (Å²) in [6.07, 6.45) is 3.03. The third-order valence-corrected chi connectivity index (χ3v) is 2.79. The van der Waals surface area contributed by atoms with Gasteiger partial charge in [-0.25, -0.2) is 4.79 Å². The number of methoxy groups -OCH3 is 1. The summed E-state index contributed by atoms with van der Waals surface area (Å²) >= 11 is 0. The summed E-state index contributed by atoms with van der Waals surface area (Å²) in [5, 5.41) is 3.27. The van der Waals surface area contributed by atoms with Crippen molar-refractivity contribution in [1.82, 2.24) is 10.2 Å². The predicted octanol–water partition coefficient (Wildman–Crippen LogP) is 2.18. The highest BCUT2D eigenvalue weighted by Crippen LogP contribution is 2.08. The minimum absolute atomic E-state index is 0.151. The second-order valence-corrected chi connectivity index (χ2v) is 6.04. The summed E-state index contributed by atoms with van der Waals surface area (Å²) in [7, 11) is 3.14. The van der Waals surface area contributed by atoms with Crippen LogP contribution in [0.1, 0.15) is 46.5 Å². The third-order valence-electron chi connectivity index (χ3n) is 2.79. The lowest BCUT2D eigenvalue weighted by molar-refractivity contribution is -0.140. The number of rotatable bonds is 9. The molecular formula is C15H30N2O4. The maximum absolute atomic E-state index is 11.7. The highest BCUT2D eigenvalue weighted by atomic mass is 16.6. The van der Waals surface area contributed by atoms with Gasteiger partial charge in [0, 0.05) is 26.6 Å². The van der Waals surface area contributed by atoms with Crippen molar-refractivity contribution in [2.45, 2.75) is 52.1 Å². The Morgan fingerprint density at radius 3 is 2.33 bits per heavy atom. The van der Waals surface area contributed by atoms with Gasteiger partial charge in [0.15, 0.2) is 0 Å². The van der Waals surface area contributed by atoms with Crippen LogP contribution in [0.2, 0.25) is 0 Å². The second-order valence-electron chi connectivity index (χ2n) is 6.04. The molecule has 6 heteroatoms. The Morgan fingerprint density at radius 1 is 1.10 bits per heavy atom. The number of ether oxygens (including phenoxy) is 2. The first kappa shape index (κ1) is 19.7. The minimum Gasteiger partial charge on any atom is -0.469 e. The summed E-state index contributed by atoms with van der Waals surface area (Å²) in [5.41, 5.74) is -0.460. The quantitative estimate of drug-likeness (QED) is 0.522. The van der Waals surface area contributed by atoms with Gasteiger partial charge in [-0.1, -0.05) is 6.42 Å². The van der Waals surface area contributed by atoms with E-state index in [9.17, 15) is 9.59 Å². The van der Waals surface area contributed by atoms with Gasteiger partial charge in [0.2, 0.25) is 0 Å². The van der Waals surface area contributed by atoms with Crippen molar-refractivity contribution in [3.8, 4) is 0 Å². The Morgan fingerprint density at radius 2 is 1.76 bits per heavy atom. The number of unbranched alkanes of at least 4 members (excludes halogenated alkanes) is 2. The van der Waals surface area contributed by atoms with Crippen LogP contribution in [0.4, 0.5) is 4.79 Å². The standard InChI is InChI=1S/C15H30N2O4/c1-15(2,3)21-14(19)17(4)12-11-16-10-8-6-7-9-13(18)20-5/h16H,6-12H2,1-5H3. The molecule has 0 heterocycles. The lowest BCUT2D eigenvalue weighted by Gasteiger charge is -2.24. The largest absolute Gasteiger partial charge is 0.469 e. The number of hydrogen-bond acceptors (Lipinski definition) is 5. The number of nitrogens with one attached hydrogen (secondary N) is 1. The molecule has 21 heavy (non-hydrogen) atoms. The molecule has 1 N–H and O–H groups in total.